The van der Waals surface area contributed by atoms with Crippen molar-refractivity contribution >= 4 is 27.5 Å². The number of fused-ring (bicyclic) bond motifs is 1. The second kappa shape index (κ2) is 8.76. The molecule has 0 aliphatic carbocycles. The maximum absolute atomic E-state index is 14.2. The monoisotopic (exact) mass is 467 g/mol. The average Bonchev–Trinajstić information content (AvgIpc) is 2.94. The Bertz CT molecular complexity index is 1310. The molecule has 0 spiro atoms. The number of anilines is 1. The molecule has 2 amide bonds. The van der Waals surface area contributed by atoms with Gasteiger partial charge in [-0.2, -0.15) is 0 Å². The van der Waals surface area contributed by atoms with Gasteiger partial charge >= 0.3 is 0 Å². The van der Waals surface area contributed by atoms with Gasteiger partial charge in [0.15, 0.2) is 0 Å². The summed E-state index contributed by atoms with van der Waals surface area (Å²) in [4.78, 5) is 27.6. The van der Waals surface area contributed by atoms with Crippen molar-refractivity contribution in [2.45, 2.75) is 10.9 Å². The molecule has 3 aromatic rings. The molecule has 1 heterocycles. The first-order valence-electron chi connectivity index (χ1n) is 10.2. The van der Waals surface area contributed by atoms with Crippen molar-refractivity contribution in [3.8, 4) is 0 Å². The van der Waals surface area contributed by atoms with Crippen LogP contribution in [-0.2, 0) is 14.8 Å². The van der Waals surface area contributed by atoms with Crippen LogP contribution in [0, 0.1) is 5.82 Å². The molecule has 0 bridgehead atoms. The van der Waals surface area contributed by atoms with Crippen molar-refractivity contribution in [3.05, 3.63) is 95.3 Å². The molecular formula is C24H22FN3O4S. The summed E-state index contributed by atoms with van der Waals surface area (Å²) < 4.78 is 40.0. The summed E-state index contributed by atoms with van der Waals surface area (Å²) >= 11 is 0. The Balaban J connectivity index is 1.80. The van der Waals surface area contributed by atoms with Gasteiger partial charge in [0.2, 0.25) is 15.9 Å². The lowest BCUT2D eigenvalue weighted by Crippen LogP contribution is -2.39. The van der Waals surface area contributed by atoms with Gasteiger partial charge in [0.05, 0.1) is 10.9 Å². The molecule has 4 rings (SSSR count). The van der Waals surface area contributed by atoms with Crippen molar-refractivity contribution in [3.63, 3.8) is 0 Å². The molecule has 0 fully saturated rings. The minimum atomic E-state index is -3.65. The van der Waals surface area contributed by atoms with Crippen LogP contribution >= 0.6 is 0 Å². The van der Waals surface area contributed by atoms with E-state index in [2.05, 4.69) is 5.32 Å². The van der Waals surface area contributed by atoms with E-state index >= 15 is 0 Å². The average molecular weight is 468 g/mol. The fraction of sp³-hybridized carbons (Fsp3) is 0.167. The maximum Gasteiger partial charge on any atom is 0.255 e. The number of halogens is 1. The van der Waals surface area contributed by atoms with Crippen molar-refractivity contribution in [2.75, 3.05) is 26.0 Å². The topological polar surface area (TPSA) is 86.8 Å². The van der Waals surface area contributed by atoms with Crippen LogP contribution in [0.3, 0.4) is 0 Å². The molecular weight excluding hydrogens is 445 g/mol. The van der Waals surface area contributed by atoms with Crippen molar-refractivity contribution < 1.29 is 22.4 Å². The maximum atomic E-state index is 14.2. The number of nitrogens with one attached hydrogen (secondary N) is 1. The molecule has 0 unspecified atom stereocenters. The summed E-state index contributed by atoms with van der Waals surface area (Å²) in [5.74, 6) is -1.39. The van der Waals surface area contributed by atoms with Gasteiger partial charge in [-0.25, -0.2) is 17.1 Å². The van der Waals surface area contributed by atoms with Gasteiger partial charge in [-0.3, -0.25) is 9.59 Å². The summed E-state index contributed by atoms with van der Waals surface area (Å²) in [6.07, 6.45) is 0. The molecule has 170 valence electrons. The Morgan fingerprint density at radius 2 is 1.70 bits per heavy atom. The fourth-order valence-electron chi connectivity index (χ4n) is 3.81. The summed E-state index contributed by atoms with van der Waals surface area (Å²) in [6.45, 7) is -0.257. The Morgan fingerprint density at radius 3 is 2.33 bits per heavy atom. The van der Waals surface area contributed by atoms with Crippen molar-refractivity contribution in [1.29, 1.82) is 0 Å². The summed E-state index contributed by atoms with van der Waals surface area (Å²) in [5, 5.41) is 2.74. The van der Waals surface area contributed by atoms with E-state index in [1.54, 1.807) is 12.1 Å². The van der Waals surface area contributed by atoms with Gasteiger partial charge in [-0.1, -0.05) is 30.3 Å². The van der Waals surface area contributed by atoms with Crippen LogP contribution in [0.2, 0.25) is 0 Å². The second-order valence-electron chi connectivity index (χ2n) is 7.84. The Morgan fingerprint density at radius 1 is 1.03 bits per heavy atom. The smallest absolute Gasteiger partial charge is 0.255 e. The second-order valence-corrected chi connectivity index (χ2v) is 9.99. The third-order valence-corrected chi connectivity index (χ3v) is 7.29. The Labute approximate surface area is 191 Å². The van der Waals surface area contributed by atoms with E-state index in [1.807, 2.05) is 18.2 Å². The number of benzene rings is 3. The zero-order valence-electron chi connectivity index (χ0n) is 18.0. The minimum absolute atomic E-state index is 0.0460. The molecule has 33 heavy (non-hydrogen) atoms. The normalized spacial score (nSPS) is 16.2. The summed E-state index contributed by atoms with van der Waals surface area (Å²) in [5.41, 5.74) is 1.80. The lowest BCUT2D eigenvalue weighted by Gasteiger charge is -2.30. The molecule has 0 aromatic heterocycles. The van der Waals surface area contributed by atoms with Crippen LogP contribution in [0.25, 0.3) is 0 Å². The standard InChI is InChI=1S/C24H22FN3O4S/c1-27(2)33(31,32)19-11-8-17(9-12-19)24(30)28-15-22(29)26-21-13-10-18(25)14-20(21)23(28)16-6-4-3-5-7-16/h3-14,23H,15H2,1-2H3,(H,26,29)/t23-/m1/s1. The molecule has 0 saturated heterocycles. The third kappa shape index (κ3) is 4.37. The highest BCUT2D eigenvalue weighted by molar-refractivity contribution is 7.89. The first-order chi connectivity index (χ1) is 15.7. The molecule has 1 aliphatic heterocycles. The number of sulfonamides is 1. The first-order valence-corrected chi connectivity index (χ1v) is 11.6. The predicted octanol–water partition coefficient (Wildman–Crippen LogP) is 3.26. The van der Waals surface area contributed by atoms with Crippen LogP contribution in [0.15, 0.2) is 77.7 Å². The van der Waals surface area contributed by atoms with E-state index in [-0.39, 0.29) is 17.0 Å². The van der Waals surface area contributed by atoms with Crippen LogP contribution in [-0.4, -0.2) is 50.1 Å². The Kier molecular flexibility index (Phi) is 6.01. The minimum Gasteiger partial charge on any atom is -0.324 e. The number of nitrogens with zero attached hydrogens (tertiary/aromatic N) is 2. The first kappa shape index (κ1) is 22.6. The van der Waals surface area contributed by atoms with E-state index in [4.69, 9.17) is 0 Å². The Hall–Kier alpha value is -3.56. The zero-order chi connectivity index (χ0) is 23.8. The van der Waals surface area contributed by atoms with Gasteiger partial charge in [0.25, 0.3) is 5.91 Å². The number of carbonyl (C=O) groups is 2. The van der Waals surface area contributed by atoms with Gasteiger partial charge in [0, 0.05) is 30.9 Å². The third-order valence-electron chi connectivity index (χ3n) is 5.46. The highest BCUT2D eigenvalue weighted by atomic mass is 32.2. The number of rotatable bonds is 4. The van der Waals surface area contributed by atoms with Gasteiger partial charge in [-0.05, 0) is 48.0 Å². The summed E-state index contributed by atoms with van der Waals surface area (Å²) in [7, 11) is -0.811. The van der Waals surface area contributed by atoms with Crippen LogP contribution in [0.5, 0.6) is 0 Å². The predicted molar refractivity (Wildman–Crippen MR) is 122 cm³/mol. The molecule has 1 atom stereocenters. The molecule has 9 heteroatoms. The van der Waals surface area contributed by atoms with E-state index in [0.717, 1.165) is 4.31 Å². The molecule has 7 nitrogen and oxygen atoms in total. The number of hydrogen-bond donors (Lipinski definition) is 1. The van der Waals surface area contributed by atoms with Crippen molar-refractivity contribution in [2.24, 2.45) is 0 Å². The molecule has 0 radical (unpaired) electrons. The van der Waals surface area contributed by atoms with Crippen LogP contribution < -0.4 is 5.32 Å². The number of amides is 2. The van der Waals surface area contributed by atoms with E-state index in [0.29, 0.717) is 16.8 Å². The van der Waals surface area contributed by atoms with E-state index in [9.17, 15) is 22.4 Å². The molecule has 1 N–H and O–H groups in total. The van der Waals surface area contributed by atoms with E-state index in [1.165, 1.54) is 61.5 Å². The molecule has 0 saturated carbocycles. The zero-order valence-corrected chi connectivity index (χ0v) is 18.8. The summed E-state index contributed by atoms with van der Waals surface area (Å²) in [6, 6.07) is 17.9. The van der Waals surface area contributed by atoms with Gasteiger partial charge < -0.3 is 10.2 Å². The molecule has 3 aromatic carbocycles. The highest BCUT2D eigenvalue weighted by Crippen LogP contribution is 2.37. The van der Waals surface area contributed by atoms with Gasteiger partial charge in [-0.15, -0.1) is 0 Å². The lowest BCUT2D eigenvalue weighted by atomic mass is 9.95. The number of hydrogen-bond acceptors (Lipinski definition) is 4. The van der Waals surface area contributed by atoms with Gasteiger partial charge in [0.1, 0.15) is 12.4 Å². The van der Waals surface area contributed by atoms with Crippen molar-refractivity contribution in [1.82, 2.24) is 9.21 Å². The number of carbonyl (C=O) groups excluding carboxylic acids is 2. The SMILES string of the molecule is CN(C)S(=O)(=O)c1ccc(C(=O)N2CC(=O)Nc3ccc(F)cc3[C@H]2c2ccccc2)cc1. The van der Waals surface area contributed by atoms with Crippen LogP contribution in [0.4, 0.5) is 10.1 Å². The largest absolute Gasteiger partial charge is 0.324 e. The molecule has 1 aliphatic rings. The lowest BCUT2D eigenvalue weighted by molar-refractivity contribution is -0.117. The van der Waals surface area contributed by atoms with E-state index < -0.39 is 33.7 Å². The fourth-order valence-corrected chi connectivity index (χ4v) is 4.71. The van der Waals surface area contributed by atoms with Crippen LogP contribution in [0.1, 0.15) is 27.5 Å². The highest BCUT2D eigenvalue weighted by Gasteiger charge is 2.34. The quantitative estimate of drug-likeness (QED) is 0.638.